The highest BCUT2D eigenvalue weighted by Crippen LogP contribution is 2.29. The van der Waals surface area contributed by atoms with Gasteiger partial charge in [-0.1, -0.05) is 18.2 Å². The van der Waals surface area contributed by atoms with Crippen molar-refractivity contribution in [3.05, 3.63) is 55.3 Å². The quantitative estimate of drug-likeness (QED) is 0.237. The maximum Gasteiger partial charge on any atom is 0.311 e. The van der Waals surface area contributed by atoms with Crippen LogP contribution in [0.4, 0.5) is 0 Å². The van der Waals surface area contributed by atoms with E-state index in [2.05, 4.69) is 23.0 Å². The maximum absolute atomic E-state index is 12.2. The Balaban J connectivity index is 2.05. The van der Waals surface area contributed by atoms with E-state index in [1.54, 1.807) is 6.07 Å². The molecule has 0 unspecified atom stereocenters. The van der Waals surface area contributed by atoms with E-state index in [0.29, 0.717) is 18.6 Å². The molecule has 150 valence electrons. The summed E-state index contributed by atoms with van der Waals surface area (Å²) >= 11 is 0. The molecule has 2 rings (SSSR count). The van der Waals surface area contributed by atoms with Gasteiger partial charge in [0, 0.05) is 49.6 Å². The fourth-order valence-electron chi connectivity index (χ4n) is 3.12. The number of aromatic nitrogens is 1. The standard InChI is InChI=1S/C22H28N2O4/c1-3-13-24(14-4-2)15-12-17-16-23-18-8-7-9-19(22(17)18)28-21(27)11-6-5-10-20(25)26/h3-4,7-9,16,23H,1-2,5-6,10-15H2,(H,25,26). The van der Waals surface area contributed by atoms with Crippen LogP contribution in [0.25, 0.3) is 10.9 Å². The minimum Gasteiger partial charge on any atom is -0.481 e. The summed E-state index contributed by atoms with van der Waals surface area (Å²) in [5.74, 6) is -0.655. The molecule has 6 nitrogen and oxygen atoms in total. The molecule has 0 aliphatic heterocycles. The van der Waals surface area contributed by atoms with Gasteiger partial charge in [-0.3, -0.25) is 14.5 Å². The highest BCUT2D eigenvalue weighted by molar-refractivity contribution is 5.91. The molecule has 0 radical (unpaired) electrons. The van der Waals surface area contributed by atoms with Crippen LogP contribution in [-0.4, -0.2) is 46.6 Å². The lowest BCUT2D eigenvalue weighted by atomic mass is 10.1. The molecular weight excluding hydrogens is 356 g/mol. The second-order valence-corrected chi connectivity index (χ2v) is 6.65. The molecule has 0 atom stereocenters. The van der Waals surface area contributed by atoms with Gasteiger partial charge >= 0.3 is 11.9 Å². The maximum atomic E-state index is 12.2. The number of aliphatic carboxylic acids is 1. The Morgan fingerprint density at radius 3 is 2.54 bits per heavy atom. The van der Waals surface area contributed by atoms with Gasteiger partial charge in [-0.25, -0.2) is 0 Å². The van der Waals surface area contributed by atoms with Crippen molar-refractivity contribution in [3.8, 4) is 5.75 Å². The van der Waals surface area contributed by atoms with Crippen molar-refractivity contribution < 1.29 is 19.4 Å². The van der Waals surface area contributed by atoms with Gasteiger partial charge < -0.3 is 14.8 Å². The van der Waals surface area contributed by atoms with Crippen LogP contribution >= 0.6 is 0 Å². The van der Waals surface area contributed by atoms with E-state index >= 15 is 0 Å². The third-order valence-corrected chi connectivity index (χ3v) is 4.47. The van der Waals surface area contributed by atoms with E-state index in [9.17, 15) is 9.59 Å². The summed E-state index contributed by atoms with van der Waals surface area (Å²) in [6, 6.07) is 5.59. The lowest BCUT2D eigenvalue weighted by Crippen LogP contribution is -2.26. The highest BCUT2D eigenvalue weighted by atomic mass is 16.5. The molecule has 0 spiro atoms. The molecule has 0 bridgehead atoms. The molecule has 0 saturated heterocycles. The Kier molecular flexibility index (Phi) is 8.49. The zero-order valence-electron chi connectivity index (χ0n) is 16.2. The molecule has 2 aromatic rings. The lowest BCUT2D eigenvalue weighted by molar-refractivity contribution is -0.138. The normalized spacial score (nSPS) is 10.9. The first-order chi connectivity index (χ1) is 13.5. The zero-order valence-corrected chi connectivity index (χ0v) is 16.2. The number of carboxylic acids is 1. The number of benzene rings is 1. The van der Waals surface area contributed by atoms with Gasteiger partial charge in [0.15, 0.2) is 0 Å². The molecule has 0 aliphatic rings. The van der Waals surface area contributed by atoms with Crippen molar-refractivity contribution in [1.29, 1.82) is 0 Å². The molecule has 1 aromatic carbocycles. The van der Waals surface area contributed by atoms with E-state index < -0.39 is 5.97 Å². The summed E-state index contributed by atoms with van der Waals surface area (Å²) in [7, 11) is 0. The van der Waals surface area contributed by atoms with Gasteiger partial charge in [0.2, 0.25) is 0 Å². The van der Waals surface area contributed by atoms with E-state index in [4.69, 9.17) is 9.84 Å². The SMILES string of the molecule is C=CCN(CC=C)CCc1c[nH]c2cccc(OC(=O)CCCCC(=O)O)c12. The average Bonchev–Trinajstić information content (AvgIpc) is 3.08. The van der Waals surface area contributed by atoms with Crippen LogP contribution in [0.3, 0.4) is 0 Å². The fraction of sp³-hybridized carbons (Fsp3) is 0.364. The Morgan fingerprint density at radius 1 is 1.14 bits per heavy atom. The largest absolute Gasteiger partial charge is 0.481 e. The van der Waals surface area contributed by atoms with Crippen LogP contribution in [0.1, 0.15) is 31.2 Å². The lowest BCUT2D eigenvalue weighted by Gasteiger charge is -2.18. The molecule has 6 heteroatoms. The molecular formula is C22H28N2O4. The van der Waals surface area contributed by atoms with E-state index in [1.807, 2.05) is 30.5 Å². The molecule has 0 fully saturated rings. The number of ether oxygens (including phenoxy) is 1. The summed E-state index contributed by atoms with van der Waals surface area (Å²) < 4.78 is 5.58. The minimum atomic E-state index is -0.850. The van der Waals surface area contributed by atoms with Crippen molar-refractivity contribution in [2.75, 3.05) is 19.6 Å². The Morgan fingerprint density at radius 2 is 1.86 bits per heavy atom. The molecule has 0 saturated carbocycles. The van der Waals surface area contributed by atoms with Gasteiger partial charge in [-0.05, 0) is 37.0 Å². The van der Waals surface area contributed by atoms with Gasteiger partial charge in [0.1, 0.15) is 5.75 Å². The monoisotopic (exact) mass is 384 g/mol. The number of H-pyrrole nitrogens is 1. The molecule has 0 aliphatic carbocycles. The van der Waals surface area contributed by atoms with Gasteiger partial charge in [0.25, 0.3) is 0 Å². The Hall–Kier alpha value is -2.86. The zero-order chi connectivity index (χ0) is 20.4. The molecule has 1 aromatic heterocycles. The number of aromatic amines is 1. The number of unbranched alkanes of at least 4 members (excludes halogenated alkanes) is 1. The predicted octanol–water partition coefficient (Wildman–Crippen LogP) is 3.93. The topological polar surface area (TPSA) is 82.6 Å². The summed E-state index contributed by atoms with van der Waals surface area (Å²) in [5.41, 5.74) is 2.01. The molecule has 2 N–H and O–H groups in total. The van der Waals surface area contributed by atoms with Crippen molar-refractivity contribution in [2.24, 2.45) is 0 Å². The number of esters is 1. The number of carbonyl (C=O) groups excluding carboxylic acids is 1. The van der Waals surface area contributed by atoms with Crippen molar-refractivity contribution in [1.82, 2.24) is 9.88 Å². The highest BCUT2D eigenvalue weighted by Gasteiger charge is 2.14. The minimum absolute atomic E-state index is 0.0662. The summed E-state index contributed by atoms with van der Waals surface area (Å²) in [4.78, 5) is 28.2. The second-order valence-electron chi connectivity index (χ2n) is 6.65. The van der Waals surface area contributed by atoms with Crippen LogP contribution in [-0.2, 0) is 16.0 Å². The van der Waals surface area contributed by atoms with Crippen LogP contribution in [0.15, 0.2) is 49.7 Å². The van der Waals surface area contributed by atoms with Crippen LogP contribution in [0.5, 0.6) is 5.75 Å². The van der Waals surface area contributed by atoms with Crippen molar-refractivity contribution >= 4 is 22.8 Å². The molecule has 28 heavy (non-hydrogen) atoms. The number of nitrogens with one attached hydrogen (secondary N) is 1. The Bertz CT molecular complexity index is 815. The number of carboxylic acid groups (broad SMARTS) is 1. The van der Waals surface area contributed by atoms with Crippen LogP contribution in [0.2, 0.25) is 0 Å². The average molecular weight is 384 g/mol. The fourth-order valence-corrected chi connectivity index (χ4v) is 3.12. The number of carbonyl (C=O) groups is 2. The third kappa shape index (κ3) is 6.39. The van der Waals surface area contributed by atoms with Crippen molar-refractivity contribution in [3.63, 3.8) is 0 Å². The van der Waals surface area contributed by atoms with Gasteiger partial charge in [0.05, 0.1) is 0 Å². The van der Waals surface area contributed by atoms with Crippen LogP contribution in [0, 0.1) is 0 Å². The van der Waals surface area contributed by atoms with E-state index in [0.717, 1.165) is 42.5 Å². The van der Waals surface area contributed by atoms with Gasteiger partial charge in [-0.15, -0.1) is 13.2 Å². The number of hydrogen-bond donors (Lipinski definition) is 2. The number of hydrogen-bond acceptors (Lipinski definition) is 4. The summed E-state index contributed by atoms with van der Waals surface area (Å²) in [6.45, 7) is 9.99. The number of nitrogens with zero attached hydrogens (tertiary/aromatic N) is 1. The first-order valence-electron chi connectivity index (χ1n) is 9.50. The third-order valence-electron chi connectivity index (χ3n) is 4.47. The number of rotatable bonds is 13. The molecule has 1 heterocycles. The second kappa shape index (κ2) is 11.1. The molecule has 0 amide bonds. The Labute approximate surface area is 165 Å². The van der Waals surface area contributed by atoms with E-state index in [-0.39, 0.29) is 18.8 Å². The predicted molar refractivity (Wildman–Crippen MR) is 111 cm³/mol. The smallest absolute Gasteiger partial charge is 0.311 e. The van der Waals surface area contributed by atoms with E-state index in [1.165, 1.54) is 0 Å². The van der Waals surface area contributed by atoms with Crippen molar-refractivity contribution in [2.45, 2.75) is 32.1 Å². The first-order valence-corrected chi connectivity index (χ1v) is 9.50. The van der Waals surface area contributed by atoms with Gasteiger partial charge in [-0.2, -0.15) is 0 Å². The first kappa shape index (κ1) is 21.4. The summed E-state index contributed by atoms with van der Waals surface area (Å²) in [5, 5.41) is 9.58. The van der Waals surface area contributed by atoms with Crippen LogP contribution < -0.4 is 4.74 Å². The number of fused-ring (bicyclic) bond motifs is 1. The summed E-state index contributed by atoms with van der Waals surface area (Å²) in [6.07, 6.45) is 7.73.